The number of aryl methyl sites for hydroxylation is 1. The third-order valence-corrected chi connectivity index (χ3v) is 4.80. The number of carbonyl (C=O) groups is 1. The van der Waals surface area contributed by atoms with Crippen LogP contribution in [0.5, 0.6) is 0 Å². The van der Waals surface area contributed by atoms with Crippen LogP contribution in [0.4, 0.5) is 0 Å². The van der Waals surface area contributed by atoms with E-state index in [-0.39, 0.29) is 5.97 Å². The number of halogens is 1. The molecule has 0 saturated carbocycles. The summed E-state index contributed by atoms with van der Waals surface area (Å²) in [5.74, 6) is -0.340. The van der Waals surface area contributed by atoms with E-state index in [0.29, 0.717) is 27.9 Å². The number of aromatic nitrogens is 2. The number of nitrogens with zero attached hydrogens (tertiary/aromatic N) is 2. The van der Waals surface area contributed by atoms with Crippen LogP contribution >= 0.6 is 22.9 Å². The first-order valence-electron chi connectivity index (χ1n) is 6.77. The average Bonchev–Trinajstić information content (AvgIpc) is 2.87. The highest BCUT2D eigenvalue weighted by atomic mass is 35.5. The zero-order valence-corrected chi connectivity index (χ0v) is 13.4. The molecule has 2 aromatic heterocycles. The van der Waals surface area contributed by atoms with Gasteiger partial charge in [0.1, 0.15) is 21.2 Å². The predicted molar refractivity (Wildman–Crippen MR) is 87.6 cm³/mol. The number of thiophene rings is 1. The van der Waals surface area contributed by atoms with Gasteiger partial charge in [0.2, 0.25) is 0 Å². The van der Waals surface area contributed by atoms with Crippen LogP contribution in [-0.4, -0.2) is 22.5 Å². The molecule has 2 heterocycles. The van der Waals surface area contributed by atoms with E-state index in [1.165, 1.54) is 17.7 Å². The van der Waals surface area contributed by atoms with Gasteiger partial charge in [-0.05, 0) is 18.1 Å². The Hall–Kier alpha value is -1.98. The van der Waals surface area contributed by atoms with Crippen LogP contribution in [0.15, 0.2) is 36.7 Å². The Balaban J connectivity index is 1.73. The van der Waals surface area contributed by atoms with Crippen molar-refractivity contribution in [1.82, 2.24) is 9.97 Å². The molecule has 0 aliphatic rings. The Bertz CT molecular complexity index is 818. The smallest absolute Gasteiger partial charge is 0.348 e. The molecule has 3 aromatic rings. The lowest BCUT2D eigenvalue weighted by atomic mass is 10.2. The Morgan fingerprint density at radius 1 is 1.27 bits per heavy atom. The molecule has 0 amide bonds. The predicted octanol–water partition coefficient (Wildman–Crippen LogP) is 4.05. The minimum atomic E-state index is -0.340. The van der Waals surface area contributed by atoms with Gasteiger partial charge < -0.3 is 4.74 Å². The van der Waals surface area contributed by atoms with Gasteiger partial charge in [0.25, 0.3) is 0 Å². The van der Waals surface area contributed by atoms with Crippen molar-refractivity contribution in [2.24, 2.45) is 0 Å². The summed E-state index contributed by atoms with van der Waals surface area (Å²) in [5.41, 5.74) is 1.91. The first kappa shape index (κ1) is 14.9. The van der Waals surface area contributed by atoms with Crippen molar-refractivity contribution >= 4 is 39.1 Å². The summed E-state index contributed by atoms with van der Waals surface area (Å²) in [6.45, 7) is 2.18. The van der Waals surface area contributed by atoms with E-state index in [1.807, 2.05) is 37.3 Å². The number of hydrogen-bond donors (Lipinski definition) is 0. The summed E-state index contributed by atoms with van der Waals surface area (Å²) in [4.78, 5) is 21.6. The molecule has 0 spiro atoms. The van der Waals surface area contributed by atoms with Crippen LogP contribution in [0.3, 0.4) is 0 Å². The highest BCUT2D eigenvalue weighted by molar-refractivity contribution is 7.20. The van der Waals surface area contributed by atoms with E-state index in [4.69, 9.17) is 16.3 Å². The standard InChI is InChI=1S/C16H13ClN2O2S/c1-10-12-14(17)18-9-19-15(12)22-13(10)16(20)21-8-7-11-5-3-2-4-6-11/h2-6,9H,7-8H2,1H3. The topological polar surface area (TPSA) is 52.1 Å². The number of benzene rings is 1. The van der Waals surface area contributed by atoms with Crippen molar-refractivity contribution in [1.29, 1.82) is 0 Å². The summed E-state index contributed by atoms with van der Waals surface area (Å²) in [5, 5.41) is 1.09. The molecule has 22 heavy (non-hydrogen) atoms. The van der Waals surface area contributed by atoms with Crippen LogP contribution in [0.2, 0.25) is 5.15 Å². The maximum atomic E-state index is 12.2. The Morgan fingerprint density at radius 2 is 2.05 bits per heavy atom. The number of ether oxygens (including phenoxy) is 1. The summed E-state index contributed by atoms with van der Waals surface area (Å²) < 4.78 is 5.36. The van der Waals surface area contributed by atoms with E-state index in [0.717, 1.165) is 16.5 Å². The quantitative estimate of drug-likeness (QED) is 0.534. The number of hydrogen-bond acceptors (Lipinski definition) is 5. The average molecular weight is 333 g/mol. The minimum Gasteiger partial charge on any atom is -0.461 e. The second-order valence-corrected chi connectivity index (χ2v) is 6.13. The van der Waals surface area contributed by atoms with Gasteiger partial charge in [0.15, 0.2) is 0 Å². The fourth-order valence-electron chi connectivity index (χ4n) is 2.20. The molecule has 4 nitrogen and oxygen atoms in total. The van der Waals surface area contributed by atoms with Crippen LogP contribution in [0, 0.1) is 6.92 Å². The van der Waals surface area contributed by atoms with E-state index in [9.17, 15) is 4.79 Å². The first-order chi connectivity index (χ1) is 10.7. The largest absolute Gasteiger partial charge is 0.461 e. The fourth-order valence-corrected chi connectivity index (χ4v) is 3.57. The molecule has 0 fully saturated rings. The van der Waals surface area contributed by atoms with Crippen molar-refractivity contribution in [2.45, 2.75) is 13.3 Å². The van der Waals surface area contributed by atoms with Crippen LogP contribution in [0.25, 0.3) is 10.2 Å². The fraction of sp³-hybridized carbons (Fsp3) is 0.188. The molecular weight excluding hydrogens is 320 g/mol. The molecule has 0 N–H and O–H groups in total. The van der Waals surface area contributed by atoms with Gasteiger partial charge in [0, 0.05) is 6.42 Å². The second kappa shape index (κ2) is 6.42. The Morgan fingerprint density at radius 3 is 2.77 bits per heavy atom. The number of esters is 1. The highest BCUT2D eigenvalue weighted by Gasteiger charge is 2.19. The van der Waals surface area contributed by atoms with E-state index in [2.05, 4.69) is 9.97 Å². The van der Waals surface area contributed by atoms with Crippen LogP contribution < -0.4 is 0 Å². The number of carbonyl (C=O) groups excluding carboxylic acids is 1. The Labute approximate surface area is 136 Å². The van der Waals surface area contributed by atoms with Crippen molar-refractivity contribution < 1.29 is 9.53 Å². The van der Waals surface area contributed by atoms with Gasteiger partial charge in [-0.2, -0.15) is 0 Å². The highest BCUT2D eigenvalue weighted by Crippen LogP contribution is 2.33. The minimum absolute atomic E-state index is 0.340. The first-order valence-corrected chi connectivity index (χ1v) is 7.97. The molecule has 0 unspecified atom stereocenters. The molecule has 0 bridgehead atoms. The molecule has 0 atom stereocenters. The lowest BCUT2D eigenvalue weighted by molar-refractivity contribution is 0.0514. The Kier molecular flexibility index (Phi) is 4.36. The van der Waals surface area contributed by atoms with Crippen molar-refractivity contribution in [3.63, 3.8) is 0 Å². The normalized spacial score (nSPS) is 10.8. The van der Waals surface area contributed by atoms with Gasteiger partial charge in [0.05, 0.1) is 12.0 Å². The second-order valence-electron chi connectivity index (χ2n) is 4.77. The molecule has 6 heteroatoms. The molecule has 0 aliphatic carbocycles. The molecule has 112 valence electrons. The van der Waals surface area contributed by atoms with E-state index < -0.39 is 0 Å². The number of fused-ring (bicyclic) bond motifs is 1. The summed E-state index contributed by atoms with van der Waals surface area (Å²) >= 11 is 7.35. The third kappa shape index (κ3) is 2.96. The monoisotopic (exact) mass is 332 g/mol. The van der Waals surface area contributed by atoms with Gasteiger partial charge >= 0.3 is 5.97 Å². The zero-order valence-electron chi connectivity index (χ0n) is 11.9. The van der Waals surface area contributed by atoms with Gasteiger partial charge in [-0.3, -0.25) is 0 Å². The van der Waals surface area contributed by atoms with Crippen LogP contribution in [0.1, 0.15) is 20.8 Å². The zero-order chi connectivity index (χ0) is 15.5. The van der Waals surface area contributed by atoms with Crippen molar-refractivity contribution in [2.75, 3.05) is 6.61 Å². The molecule has 1 aromatic carbocycles. The molecular formula is C16H13ClN2O2S. The lowest BCUT2D eigenvalue weighted by Gasteiger charge is -2.04. The lowest BCUT2D eigenvalue weighted by Crippen LogP contribution is -2.07. The summed E-state index contributed by atoms with van der Waals surface area (Å²) in [7, 11) is 0. The van der Waals surface area contributed by atoms with Gasteiger partial charge in [-0.15, -0.1) is 11.3 Å². The SMILES string of the molecule is Cc1c(C(=O)OCCc2ccccc2)sc2ncnc(Cl)c12. The van der Waals surface area contributed by atoms with E-state index in [1.54, 1.807) is 0 Å². The van der Waals surface area contributed by atoms with Crippen LogP contribution in [-0.2, 0) is 11.2 Å². The third-order valence-electron chi connectivity index (χ3n) is 3.33. The van der Waals surface area contributed by atoms with Crippen molar-refractivity contribution in [3.05, 3.63) is 57.8 Å². The van der Waals surface area contributed by atoms with Gasteiger partial charge in [-0.1, -0.05) is 41.9 Å². The van der Waals surface area contributed by atoms with Crippen molar-refractivity contribution in [3.8, 4) is 0 Å². The van der Waals surface area contributed by atoms with Gasteiger partial charge in [-0.25, -0.2) is 14.8 Å². The maximum absolute atomic E-state index is 12.2. The molecule has 0 saturated heterocycles. The molecule has 0 radical (unpaired) electrons. The summed E-state index contributed by atoms with van der Waals surface area (Å²) in [6, 6.07) is 9.91. The van der Waals surface area contributed by atoms with E-state index >= 15 is 0 Å². The molecule has 0 aliphatic heterocycles. The molecule has 3 rings (SSSR count). The number of rotatable bonds is 4. The summed E-state index contributed by atoms with van der Waals surface area (Å²) in [6.07, 6.45) is 2.09. The maximum Gasteiger partial charge on any atom is 0.348 e.